The lowest BCUT2D eigenvalue weighted by Crippen LogP contribution is -2.38. The van der Waals surface area contributed by atoms with E-state index in [-0.39, 0.29) is 17.5 Å². The fraction of sp³-hybridized carbons (Fsp3) is 0.455. The van der Waals surface area contributed by atoms with Crippen LogP contribution in [0.3, 0.4) is 0 Å². The Labute approximate surface area is 179 Å². The molecular formula is C22H26N4O3S. The highest BCUT2D eigenvalue weighted by molar-refractivity contribution is 7.99. The number of rotatable bonds is 6. The second-order valence-electron chi connectivity index (χ2n) is 7.70. The summed E-state index contributed by atoms with van der Waals surface area (Å²) >= 11 is 1.46. The maximum absolute atomic E-state index is 13.8. The lowest BCUT2D eigenvalue weighted by atomic mass is 9.69. The first-order valence-electron chi connectivity index (χ1n) is 10.3. The first-order valence-corrected chi connectivity index (χ1v) is 11.3. The Morgan fingerprint density at radius 3 is 2.73 bits per heavy atom. The highest BCUT2D eigenvalue weighted by Gasteiger charge is 2.38. The van der Waals surface area contributed by atoms with E-state index < -0.39 is 5.97 Å². The van der Waals surface area contributed by atoms with E-state index in [9.17, 15) is 9.59 Å². The number of hydrogen-bond donors (Lipinski definition) is 0. The van der Waals surface area contributed by atoms with Crippen molar-refractivity contribution in [3.8, 4) is 11.3 Å². The number of fused-ring (bicyclic) bond motifs is 4. The van der Waals surface area contributed by atoms with Gasteiger partial charge in [-0.3, -0.25) is 9.59 Å². The molecule has 0 saturated carbocycles. The average molecular weight is 427 g/mol. The van der Waals surface area contributed by atoms with Crippen molar-refractivity contribution in [1.82, 2.24) is 19.2 Å². The van der Waals surface area contributed by atoms with Gasteiger partial charge >= 0.3 is 5.97 Å². The van der Waals surface area contributed by atoms with E-state index in [0.29, 0.717) is 23.2 Å². The van der Waals surface area contributed by atoms with Crippen molar-refractivity contribution < 1.29 is 9.53 Å². The third kappa shape index (κ3) is 3.23. The van der Waals surface area contributed by atoms with Crippen molar-refractivity contribution in [3.05, 3.63) is 45.7 Å². The van der Waals surface area contributed by atoms with E-state index in [1.807, 2.05) is 25.1 Å². The molecule has 0 fully saturated rings. The number of carbonyl (C=O) groups is 1. The van der Waals surface area contributed by atoms with Crippen LogP contribution in [0.5, 0.6) is 0 Å². The summed E-state index contributed by atoms with van der Waals surface area (Å²) in [6, 6.07) is 8.10. The molecule has 1 atom stereocenters. The predicted molar refractivity (Wildman–Crippen MR) is 117 cm³/mol. The first kappa shape index (κ1) is 20.7. The minimum absolute atomic E-state index is 0.0838. The third-order valence-corrected chi connectivity index (χ3v) is 6.60. The lowest BCUT2D eigenvalue weighted by molar-refractivity contribution is -0.143. The quantitative estimate of drug-likeness (QED) is 0.444. The second kappa shape index (κ2) is 7.91. The van der Waals surface area contributed by atoms with Crippen LogP contribution in [-0.4, -0.2) is 37.5 Å². The van der Waals surface area contributed by atoms with Crippen molar-refractivity contribution in [2.24, 2.45) is 0 Å². The van der Waals surface area contributed by atoms with Crippen molar-refractivity contribution in [2.75, 3.05) is 12.4 Å². The summed E-state index contributed by atoms with van der Waals surface area (Å²) in [7, 11) is 0. The number of thioether (sulfide) groups is 1. The molecule has 7 nitrogen and oxygen atoms in total. The number of hydrogen-bond acceptors (Lipinski definition) is 6. The van der Waals surface area contributed by atoms with Gasteiger partial charge in [-0.1, -0.05) is 56.8 Å². The van der Waals surface area contributed by atoms with Crippen LogP contribution in [0.1, 0.15) is 45.2 Å². The number of ether oxygens (including phenoxy) is 1. The van der Waals surface area contributed by atoms with E-state index in [1.165, 1.54) is 22.0 Å². The molecule has 0 amide bonds. The summed E-state index contributed by atoms with van der Waals surface area (Å²) in [5, 5.41) is 5.09. The topological polar surface area (TPSA) is 78.5 Å². The van der Waals surface area contributed by atoms with Gasteiger partial charge in [-0.05, 0) is 31.1 Å². The smallest absolute Gasteiger partial charge is 0.327 e. The molecule has 0 bridgehead atoms. The number of benzene rings is 1. The minimum Gasteiger partial charge on any atom is -0.465 e. The van der Waals surface area contributed by atoms with Crippen LogP contribution in [0.2, 0.25) is 0 Å². The second-order valence-corrected chi connectivity index (χ2v) is 8.93. The minimum atomic E-state index is -0.402. The zero-order valence-electron chi connectivity index (χ0n) is 17.8. The summed E-state index contributed by atoms with van der Waals surface area (Å²) in [6.45, 7) is 8.22. The van der Waals surface area contributed by atoms with Crippen LogP contribution in [0, 0.1) is 0 Å². The summed E-state index contributed by atoms with van der Waals surface area (Å²) in [6.07, 6.45) is 1.62. The Morgan fingerprint density at radius 1 is 1.27 bits per heavy atom. The Morgan fingerprint density at radius 2 is 2.03 bits per heavy atom. The van der Waals surface area contributed by atoms with E-state index in [0.717, 1.165) is 29.7 Å². The Bertz CT molecular complexity index is 1180. The van der Waals surface area contributed by atoms with Gasteiger partial charge in [0, 0.05) is 11.0 Å². The van der Waals surface area contributed by atoms with Crippen molar-refractivity contribution >= 4 is 23.5 Å². The zero-order valence-corrected chi connectivity index (χ0v) is 18.6. The molecule has 1 aliphatic carbocycles. The Kier molecular flexibility index (Phi) is 5.44. The molecule has 0 unspecified atom stereocenters. The molecule has 30 heavy (non-hydrogen) atoms. The molecule has 158 valence electrons. The number of aromatic nitrogens is 4. The molecule has 2 heterocycles. The normalized spacial score (nSPS) is 17.6. The van der Waals surface area contributed by atoms with Gasteiger partial charge in [0.05, 0.1) is 17.9 Å². The standard InChI is InChI=1S/C22H26N4O3S/c1-5-22(4)12-14-10-8-9-11-15(14)18-17(22)19(28)26-20(23-18)25(13-16(27)29-6-2)24-21(26)30-7-3/h8-11H,5-7,12-13H2,1-4H3/t22-/m1/s1. The fourth-order valence-electron chi connectivity index (χ4n) is 4.16. The lowest BCUT2D eigenvalue weighted by Gasteiger charge is -2.35. The van der Waals surface area contributed by atoms with Crippen molar-refractivity contribution in [2.45, 2.75) is 57.7 Å². The van der Waals surface area contributed by atoms with E-state index in [4.69, 9.17) is 9.72 Å². The molecule has 2 aromatic heterocycles. The van der Waals surface area contributed by atoms with Crippen molar-refractivity contribution in [3.63, 3.8) is 0 Å². The summed E-state index contributed by atoms with van der Waals surface area (Å²) in [4.78, 5) is 30.9. The maximum Gasteiger partial charge on any atom is 0.327 e. The first-order chi connectivity index (χ1) is 14.4. The maximum atomic E-state index is 13.8. The zero-order chi connectivity index (χ0) is 21.5. The third-order valence-electron chi connectivity index (χ3n) is 5.79. The fourth-order valence-corrected chi connectivity index (χ4v) is 4.87. The summed E-state index contributed by atoms with van der Waals surface area (Å²) in [5.41, 5.74) is 3.18. The molecule has 1 aromatic carbocycles. The van der Waals surface area contributed by atoms with Gasteiger partial charge in [-0.25, -0.2) is 14.1 Å². The van der Waals surface area contributed by atoms with Crippen LogP contribution in [-0.2, 0) is 27.9 Å². The predicted octanol–water partition coefficient (Wildman–Crippen LogP) is 3.46. The van der Waals surface area contributed by atoms with Gasteiger partial charge in [-0.15, -0.1) is 5.10 Å². The van der Waals surface area contributed by atoms with Crippen LogP contribution in [0.15, 0.2) is 34.2 Å². The molecular weight excluding hydrogens is 400 g/mol. The highest BCUT2D eigenvalue weighted by Crippen LogP contribution is 2.42. The average Bonchev–Trinajstić information content (AvgIpc) is 3.06. The van der Waals surface area contributed by atoms with Gasteiger partial charge in [0.15, 0.2) is 5.16 Å². The van der Waals surface area contributed by atoms with Crippen LogP contribution in [0.25, 0.3) is 17.0 Å². The Hall–Kier alpha value is -2.61. The van der Waals surface area contributed by atoms with E-state index in [2.05, 4.69) is 25.0 Å². The van der Waals surface area contributed by atoms with Gasteiger partial charge in [0.25, 0.3) is 5.56 Å². The van der Waals surface area contributed by atoms with Crippen LogP contribution >= 0.6 is 11.8 Å². The molecule has 3 aromatic rings. The van der Waals surface area contributed by atoms with Gasteiger partial charge in [0.2, 0.25) is 5.78 Å². The number of esters is 1. The largest absolute Gasteiger partial charge is 0.465 e. The number of carbonyl (C=O) groups excluding carboxylic acids is 1. The van der Waals surface area contributed by atoms with Crippen LogP contribution < -0.4 is 5.56 Å². The molecule has 0 aliphatic heterocycles. The SMILES string of the molecule is CCOC(=O)Cn1nc(SCC)n2c(=O)c3c(nc12)-c1ccccc1C[C@@]3(C)CC. The monoisotopic (exact) mass is 426 g/mol. The molecule has 0 spiro atoms. The van der Waals surface area contributed by atoms with E-state index >= 15 is 0 Å². The van der Waals surface area contributed by atoms with Crippen LogP contribution in [0.4, 0.5) is 0 Å². The number of nitrogens with zero attached hydrogens (tertiary/aromatic N) is 4. The Balaban J connectivity index is 2.04. The highest BCUT2D eigenvalue weighted by atomic mass is 32.2. The molecule has 0 N–H and O–H groups in total. The van der Waals surface area contributed by atoms with Crippen molar-refractivity contribution in [1.29, 1.82) is 0 Å². The molecule has 4 rings (SSSR count). The molecule has 0 radical (unpaired) electrons. The van der Waals surface area contributed by atoms with Gasteiger partial charge in [0.1, 0.15) is 6.54 Å². The van der Waals surface area contributed by atoms with Gasteiger partial charge in [-0.2, -0.15) is 0 Å². The summed E-state index contributed by atoms with van der Waals surface area (Å²) in [5.74, 6) is 0.724. The van der Waals surface area contributed by atoms with E-state index in [1.54, 1.807) is 11.3 Å². The molecule has 8 heteroatoms. The summed E-state index contributed by atoms with van der Waals surface area (Å²) < 4.78 is 8.14. The van der Waals surface area contributed by atoms with Gasteiger partial charge < -0.3 is 4.74 Å². The molecule has 1 aliphatic rings. The molecule has 0 saturated heterocycles.